The van der Waals surface area contributed by atoms with Crippen LogP contribution in [-0.2, 0) is 4.79 Å². The summed E-state index contributed by atoms with van der Waals surface area (Å²) in [6.45, 7) is 2.33. The third-order valence-corrected chi connectivity index (χ3v) is 4.17. The number of amides is 2. The second kappa shape index (κ2) is 6.71. The van der Waals surface area contributed by atoms with Gasteiger partial charge in [-0.3, -0.25) is 9.59 Å². The Morgan fingerprint density at radius 3 is 2.48 bits per heavy atom. The monoisotopic (exact) mass is 325 g/mol. The van der Waals surface area contributed by atoms with E-state index in [2.05, 4.69) is 0 Å². The Labute approximate surface area is 138 Å². The van der Waals surface area contributed by atoms with Gasteiger partial charge in [-0.15, -0.1) is 0 Å². The molecule has 1 saturated heterocycles. The minimum atomic E-state index is -0.323. The molecule has 1 aliphatic rings. The van der Waals surface area contributed by atoms with Crippen LogP contribution in [0.2, 0.25) is 0 Å². The van der Waals surface area contributed by atoms with Gasteiger partial charge in [0.2, 0.25) is 0 Å². The third-order valence-electron chi connectivity index (χ3n) is 3.30. The van der Waals surface area contributed by atoms with E-state index in [1.165, 1.54) is 4.90 Å². The van der Waals surface area contributed by atoms with E-state index in [-0.39, 0.29) is 11.1 Å². The van der Waals surface area contributed by atoms with Crippen LogP contribution < -0.4 is 9.64 Å². The van der Waals surface area contributed by atoms with Crippen LogP contribution in [0.1, 0.15) is 12.5 Å². The van der Waals surface area contributed by atoms with Crippen LogP contribution in [0.4, 0.5) is 10.5 Å². The van der Waals surface area contributed by atoms with Gasteiger partial charge in [0, 0.05) is 0 Å². The van der Waals surface area contributed by atoms with Gasteiger partial charge in [-0.25, -0.2) is 4.90 Å². The summed E-state index contributed by atoms with van der Waals surface area (Å²) in [6.07, 6.45) is 1.73. The molecule has 2 aromatic carbocycles. The number of hydrogen-bond donors (Lipinski definition) is 0. The maximum absolute atomic E-state index is 12.6. The number of nitrogens with zero attached hydrogens (tertiary/aromatic N) is 1. The normalized spacial score (nSPS) is 16.2. The van der Waals surface area contributed by atoms with Crippen LogP contribution in [0.25, 0.3) is 6.08 Å². The van der Waals surface area contributed by atoms with Gasteiger partial charge in [-0.1, -0.05) is 42.5 Å². The van der Waals surface area contributed by atoms with Crippen LogP contribution >= 0.6 is 11.8 Å². The molecule has 0 N–H and O–H groups in total. The fraction of sp³-hybridized carbons (Fsp3) is 0.111. The highest BCUT2D eigenvalue weighted by molar-refractivity contribution is 8.19. The second-order valence-electron chi connectivity index (χ2n) is 4.83. The van der Waals surface area contributed by atoms with Crippen LogP contribution in [0, 0.1) is 0 Å². The highest BCUT2D eigenvalue weighted by Crippen LogP contribution is 2.39. The molecule has 2 amide bonds. The van der Waals surface area contributed by atoms with Gasteiger partial charge in [0.25, 0.3) is 11.1 Å². The summed E-state index contributed by atoms with van der Waals surface area (Å²) < 4.78 is 5.52. The Bertz CT molecular complexity index is 771. The van der Waals surface area contributed by atoms with Crippen molar-refractivity contribution < 1.29 is 14.3 Å². The number of para-hydroxylation sites is 2. The number of imide groups is 1. The predicted molar refractivity (Wildman–Crippen MR) is 92.5 cm³/mol. The summed E-state index contributed by atoms with van der Waals surface area (Å²) in [5, 5.41) is -0.315. The average molecular weight is 325 g/mol. The van der Waals surface area contributed by atoms with Crippen LogP contribution in [0.5, 0.6) is 5.75 Å². The molecular weight excluding hydrogens is 310 g/mol. The SMILES string of the molecule is CCOc1ccccc1N1C(=O)S/C(=C\c2ccccc2)C1=O. The largest absolute Gasteiger partial charge is 0.492 e. The minimum Gasteiger partial charge on any atom is -0.492 e. The van der Waals surface area contributed by atoms with Gasteiger partial charge in [-0.05, 0) is 42.5 Å². The Kier molecular flexibility index (Phi) is 4.48. The molecule has 0 bridgehead atoms. The molecule has 1 heterocycles. The fourth-order valence-electron chi connectivity index (χ4n) is 2.30. The van der Waals surface area contributed by atoms with E-state index in [1.54, 1.807) is 24.3 Å². The topological polar surface area (TPSA) is 46.6 Å². The lowest BCUT2D eigenvalue weighted by atomic mass is 10.2. The molecule has 0 aromatic heterocycles. The first-order chi connectivity index (χ1) is 11.2. The summed E-state index contributed by atoms with van der Waals surface area (Å²) in [4.78, 5) is 26.5. The summed E-state index contributed by atoms with van der Waals surface area (Å²) >= 11 is 0.941. The first-order valence-corrected chi connectivity index (χ1v) is 8.07. The number of rotatable bonds is 4. The number of thioether (sulfide) groups is 1. The van der Waals surface area contributed by atoms with Crippen molar-refractivity contribution in [1.82, 2.24) is 0 Å². The Hall–Kier alpha value is -2.53. The third kappa shape index (κ3) is 3.14. The lowest BCUT2D eigenvalue weighted by Crippen LogP contribution is -2.28. The van der Waals surface area contributed by atoms with Crippen molar-refractivity contribution in [2.45, 2.75) is 6.92 Å². The van der Waals surface area contributed by atoms with E-state index in [1.807, 2.05) is 43.3 Å². The van der Waals surface area contributed by atoms with Gasteiger partial charge in [-0.2, -0.15) is 0 Å². The second-order valence-corrected chi connectivity index (χ2v) is 5.82. The van der Waals surface area contributed by atoms with Crippen molar-refractivity contribution in [3.05, 3.63) is 65.1 Å². The first kappa shape index (κ1) is 15.4. The molecule has 1 fully saturated rings. The van der Waals surface area contributed by atoms with E-state index in [4.69, 9.17) is 4.74 Å². The van der Waals surface area contributed by atoms with Crippen molar-refractivity contribution >= 4 is 34.7 Å². The molecule has 0 saturated carbocycles. The van der Waals surface area contributed by atoms with Crippen LogP contribution in [0.15, 0.2) is 59.5 Å². The maximum Gasteiger partial charge on any atom is 0.298 e. The van der Waals surface area contributed by atoms with Crippen molar-refractivity contribution in [1.29, 1.82) is 0 Å². The highest BCUT2D eigenvalue weighted by Gasteiger charge is 2.37. The molecule has 4 nitrogen and oxygen atoms in total. The lowest BCUT2D eigenvalue weighted by molar-refractivity contribution is -0.113. The van der Waals surface area contributed by atoms with Crippen LogP contribution in [-0.4, -0.2) is 17.8 Å². The van der Waals surface area contributed by atoms with Crippen LogP contribution in [0.3, 0.4) is 0 Å². The Morgan fingerprint density at radius 1 is 1.04 bits per heavy atom. The lowest BCUT2D eigenvalue weighted by Gasteiger charge is -2.16. The highest BCUT2D eigenvalue weighted by atomic mass is 32.2. The standard InChI is InChI=1S/C18H15NO3S/c1-2-22-15-11-7-6-10-14(15)19-17(20)16(23-18(19)21)12-13-8-4-3-5-9-13/h3-12H,2H2,1H3/b16-12-. The summed E-state index contributed by atoms with van der Waals surface area (Å²) in [6, 6.07) is 16.5. The number of carbonyl (C=O) groups excluding carboxylic acids is 2. The number of anilines is 1. The zero-order valence-electron chi connectivity index (χ0n) is 12.6. The van der Waals surface area contributed by atoms with Gasteiger partial charge >= 0.3 is 0 Å². The minimum absolute atomic E-state index is 0.315. The average Bonchev–Trinajstić information content (AvgIpc) is 2.83. The fourth-order valence-corrected chi connectivity index (χ4v) is 3.13. The smallest absolute Gasteiger partial charge is 0.298 e. The predicted octanol–water partition coefficient (Wildman–Crippen LogP) is 4.33. The van der Waals surface area contributed by atoms with Crippen molar-refractivity contribution in [2.24, 2.45) is 0 Å². The van der Waals surface area contributed by atoms with E-state index in [0.29, 0.717) is 22.9 Å². The molecular formula is C18H15NO3S. The van der Waals surface area contributed by atoms with Crippen molar-refractivity contribution in [3.63, 3.8) is 0 Å². The molecule has 0 unspecified atom stereocenters. The van der Waals surface area contributed by atoms with Crippen molar-refractivity contribution in [3.8, 4) is 5.75 Å². The van der Waals surface area contributed by atoms with Crippen molar-refractivity contribution in [2.75, 3.05) is 11.5 Å². The van der Waals surface area contributed by atoms with E-state index in [9.17, 15) is 9.59 Å². The molecule has 2 aromatic rings. The van der Waals surface area contributed by atoms with Gasteiger partial charge in [0.15, 0.2) is 0 Å². The molecule has 0 atom stereocenters. The zero-order chi connectivity index (χ0) is 16.2. The van der Waals surface area contributed by atoms with Gasteiger partial charge < -0.3 is 4.74 Å². The molecule has 3 rings (SSSR count). The number of ether oxygens (including phenoxy) is 1. The first-order valence-electron chi connectivity index (χ1n) is 7.25. The zero-order valence-corrected chi connectivity index (χ0v) is 13.4. The quantitative estimate of drug-likeness (QED) is 0.785. The molecule has 23 heavy (non-hydrogen) atoms. The summed E-state index contributed by atoms with van der Waals surface area (Å²) in [5.41, 5.74) is 1.37. The maximum atomic E-state index is 12.6. The van der Waals surface area contributed by atoms with Gasteiger partial charge in [0.05, 0.1) is 17.2 Å². The summed E-state index contributed by atoms with van der Waals surface area (Å²) in [5.74, 6) is 0.203. The van der Waals surface area contributed by atoms with Gasteiger partial charge in [0.1, 0.15) is 5.75 Å². The van der Waals surface area contributed by atoms with E-state index < -0.39 is 0 Å². The Balaban J connectivity index is 1.95. The Morgan fingerprint density at radius 2 is 1.74 bits per heavy atom. The number of benzene rings is 2. The molecule has 0 radical (unpaired) electrons. The number of carbonyl (C=O) groups is 2. The van der Waals surface area contributed by atoms with E-state index >= 15 is 0 Å². The molecule has 1 aliphatic heterocycles. The molecule has 116 valence electrons. The molecule has 0 spiro atoms. The molecule has 0 aliphatic carbocycles. The summed E-state index contributed by atoms with van der Waals surface area (Å²) in [7, 11) is 0. The molecule has 5 heteroatoms. The number of hydrogen-bond acceptors (Lipinski definition) is 4. The van der Waals surface area contributed by atoms with E-state index in [0.717, 1.165) is 17.3 Å².